The van der Waals surface area contributed by atoms with Crippen LogP contribution in [0.4, 0.5) is 24.5 Å². The van der Waals surface area contributed by atoms with Crippen LogP contribution in [0.15, 0.2) is 47.6 Å². The first-order chi connectivity index (χ1) is 12.8. The zero-order valence-corrected chi connectivity index (χ0v) is 14.5. The molecule has 0 spiro atoms. The van der Waals surface area contributed by atoms with Crippen LogP contribution in [0.2, 0.25) is 0 Å². The molecule has 144 valence electrons. The number of ether oxygens (including phenoxy) is 1. The zero-order valence-electron chi connectivity index (χ0n) is 14.5. The lowest BCUT2D eigenvalue weighted by atomic mass is 10.1. The van der Waals surface area contributed by atoms with E-state index in [-0.39, 0.29) is 5.69 Å². The van der Waals surface area contributed by atoms with Gasteiger partial charge < -0.3 is 4.74 Å². The highest BCUT2D eigenvalue weighted by Crippen LogP contribution is 2.34. The van der Waals surface area contributed by atoms with Crippen molar-refractivity contribution in [2.45, 2.75) is 25.9 Å². The second-order valence-electron chi connectivity index (χ2n) is 5.63. The number of anilines is 1. The van der Waals surface area contributed by atoms with Gasteiger partial charge in [-0.2, -0.15) is 18.3 Å². The van der Waals surface area contributed by atoms with Gasteiger partial charge in [0.1, 0.15) is 11.4 Å². The molecule has 1 N–H and O–H groups in total. The van der Waals surface area contributed by atoms with E-state index < -0.39 is 22.4 Å². The normalized spacial score (nSPS) is 11.6. The number of rotatable bonds is 8. The Morgan fingerprint density at radius 3 is 2.52 bits per heavy atom. The summed E-state index contributed by atoms with van der Waals surface area (Å²) < 4.78 is 43.6. The maximum Gasteiger partial charge on any atom is 0.416 e. The van der Waals surface area contributed by atoms with Gasteiger partial charge >= 0.3 is 6.18 Å². The lowest BCUT2D eigenvalue weighted by Gasteiger charge is -2.08. The molecule has 0 bridgehead atoms. The lowest BCUT2D eigenvalue weighted by molar-refractivity contribution is -0.384. The number of nitro groups is 1. The number of hydrogen-bond acceptors (Lipinski definition) is 5. The van der Waals surface area contributed by atoms with Crippen molar-refractivity contribution in [2.24, 2.45) is 5.10 Å². The SMILES string of the molecule is CCCCOc1ccc(C=NNc2ccc(C(F)(F)F)cc2[N+](=O)[O-])cc1. The minimum Gasteiger partial charge on any atom is -0.494 e. The predicted octanol–water partition coefficient (Wildman–Crippen LogP) is 5.24. The topological polar surface area (TPSA) is 76.8 Å². The highest BCUT2D eigenvalue weighted by molar-refractivity contribution is 5.80. The van der Waals surface area contributed by atoms with Crippen LogP contribution in [0.25, 0.3) is 0 Å². The fraction of sp³-hybridized carbons (Fsp3) is 0.278. The van der Waals surface area contributed by atoms with Gasteiger partial charge in [0.15, 0.2) is 0 Å². The highest BCUT2D eigenvalue weighted by atomic mass is 19.4. The van der Waals surface area contributed by atoms with Crippen molar-refractivity contribution in [3.05, 3.63) is 63.7 Å². The summed E-state index contributed by atoms with van der Waals surface area (Å²) >= 11 is 0. The quantitative estimate of drug-likeness (QED) is 0.294. The number of hydrogen-bond donors (Lipinski definition) is 1. The molecule has 0 unspecified atom stereocenters. The summed E-state index contributed by atoms with van der Waals surface area (Å²) in [5, 5.41) is 14.9. The van der Waals surface area contributed by atoms with Crippen molar-refractivity contribution in [3.8, 4) is 5.75 Å². The van der Waals surface area contributed by atoms with E-state index in [1.54, 1.807) is 24.3 Å². The van der Waals surface area contributed by atoms with Gasteiger partial charge in [-0.15, -0.1) is 0 Å². The van der Waals surface area contributed by atoms with Gasteiger partial charge in [0.05, 0.1) is 23.3 Å². The van der Waals surface area contributed by atoms with Crippen LogP contribution in [0.1, 0.15) is 30.9 Å². The van der Waals surface area contributed by atoms with Gasteiger partial charge in [-0.05, 0) is 48.4 Å². The van der Waals surface area contributed by atoms with Crippen molar-refractivity contribution >= 4 is 17.6 Å². The van der Waals surface area contributed by atoms with E-state index in [0.717, 1.165) is 25.0 Å². The Morgan fingerprint density at radius 2 is 1.93 bits per heavy atom. The van der Waals surface area contributed by atoms with Crippen LogP contribution < -0.4 is 10.2 Å². The zero-order chi connectivity index (χ0) is 19.9. The molecule has 0 aliphatic carbocycles. The Bertz CT molecular complexity index is 806. The first-order valence-electron chi connectivity index (χ1n) is 8.19. The Hall–Kier alpha value is -3.10. The molecule has 9 heteroatoms. The molecule has 0 saturated heterocycles. The Labute approximate surface area is 153 Å². The number of halogens is 3. The summed E-state index contributed by atoms with van der Waals surface area (Å²) in [6.45, 7) is 2.69. The van der Waals surface area contributed by atoms with Gasteiger partial charge in [0, 0.05) is 6.07 Å². The Balaban J connectivity index is 2.06. The van der Waals surface area contributed by atoms with Crippen molar-refractivity contribution in [2.75, 3.05) is 12.0 Å². The molecular formula is C18H18F3N3O3. The number of alkyl halides is 3. The van der Waals surface area contributed by atoms with Crippen LogP contribution >= 0.6 is 0 Å². The van der Waals surface area contributed by atoms with Gasteiger partial charge in [0.25, 0.3) is 5.69 Å². The second kappa shape index (κ2) is 9.02. The molecule has 0 aliphatic rings. The number of unbranched alkanes of at least 4 members (excludes halogenated alkanes) is 1. The van der Waals surface area contributed by atoms with Crippen LogP contribution in [0, 0.1) is 10.1 Å². The number of hydrazone groups is 1. The van der Waals surface area contributed by atoms with Crippen molar-refractivity contribution in [3.63, 3.8) is 0 Å². The fourth-order valence-electron chi connectivity index (χ4n) is 2.11. The molecule has 0 heterocycles. The summed E-state index contributed by atoms with van der Waals surface area (Å²) in [6, 6.07) is 9.22. The van der Waals surface area contributed by atoms with E-state index in [0.29, 0.717) is 24.0 Å². The average Bonchev–Trinajstić information content (AvgIpc) is 2.62. The minimum atomic E-state index is -4.66. The van der Waals surface area contributed by atoms with Crippen molar-refractivity contribution < 1.29 is 22.8 Å². The number of nitro benzene ring substituents is 1. The van der Waals surface area contributed by atoms with E-state index in [4.69, 9.17) is 4.74 Å². The largest absolute Gasteiger partial charge is 0.494 e. The molecule has 0 fully saturated rings. The van der Waals surface area contributed by atoms with Crippen LogP contribution in [0.5, 0.6) is 5.75 Å². The molecule has 0 saturated carbocycles. The number of nitrogens with zero attached hydrogens (tertiary/aromatic N) is 2. The summed E-state index contributed by atoms with van der Waals surface area (Å²) in [6.07, 6.45) is -1.27. The lowest BCUT2D eigenvalue weighted by Crippen LogP contribution is -2.06. The third-order valence-electron chi connectivity index (χ3n) is 3.57. The van der Waals surface area contributed by atoms with Crippen molar-refractivity contribution in [1.82, 2.24) is 0 Å². The summed E-state index contributed by atoms with van der Waals surface area (Å²) in [5.74, 6) is 0.715. The maximum atomic E-state index is 12.7. The van der Waals surface area contributed by atoms with E-state index in [9.17, 15) is 23.3 Å². The number of nitrogens with one attached hydrogen (secondary N) is 1. The third-order valence-corrected chi connectivity index (χ3v) is 3.57. The Kier molecular flexibility index (Phi) is 6.75. The summed E-state index contributed by atoms with van der Waals surface area (Å²) in [4.78, 5) is 10.1. The third kappa shape index (κ3) is 5.98. The van der Waals surface area contributed by atoms with E-state index in [1.807, 2.05) is 0 Å². The average molecular weight is 381 g/mol. The van der Waals surface area contributed by atoms with Crippen LogP contribution in [-0.2, 0) is 6.18 Å². The first kappa shape index (κ1) is 20.2. The van der Waals surface area contributed by atoms with Crippen LogP contribution in [0.3, 0.4) is 0 Å². The van der Waals surface area contributed by atoms with Gasteiger partial charge in [-0.1, -0.05) is 13.3 Å². The summed E-state index contributed by atoms with van der Waals surface area (Å²) in [5.41, 5.74) is 1.16. The molecule has 2 aromatic rings. The first-order valence-corrected chi connectivity index (χ1v) is 8.19. The standard InChI is InChI=1S/C18H18F3N3O3/c1-2-3-10-27-15-7-4-13(5-8-15)12-22-23-16-9-6-14(18(19,20)21)11-17(16)24(25)26/h4-9,11-12,23H,2-3,10H2,1H3. The van der Waals surface area contributed by atoms with Crippen LogP contribution in [-0.4, -0.2) is 17.7 Å². The predicted molar refractivity (Wildman–Crippen MR) is 96.2 cm³/mol. The molecule has 0 atom stereocenters. The molecule has 0 radical (unpaired) electrons. The van der Waals surface area contributed by atoms with E-state index >= 15 is 0 Å². The van der Waals surface area contributed by atoms with Crippen molar-refractivity contribution in [1.29, 1.82) is 0 Å². The smallest absolute Gasteiger partial charge is 0.416 e. The molecule has 27 heavy (non-hydrogen) atoms. The van der Waals surface area contributed by atoms with Gasteiger partial charge in [-0.25, -0.2) is 0 Å². The minimum absolute atomic E-state index is 0.135. The van der Waals surface area contributed by atoms with Gasteiger partial charge in [-0.3, -0.25) is 15.5 Å². The maximum absolute atomic E-state index is 12.7. The second-order valence-corrected chi connectivity index (χ2v) is 5.63. The fourth-order valence-corrected chi connectivity index (χ4v) is 2.11. The number of benzene rings is 2. The molecule has 6 nitrogen and oxygen atoms in total. The molecule has 0 aliphatic heterocycles. The molecule has 2 rings (SSSR count). The van der Waals surface area contributed by atoms with Gasteiger partial charge in [0.2, 0.25) is 0 Å². The highest BCUT2D eigenvalue weighted by Gasteiger charge is 2.33. The molecular weight excluding hydrogens is 363 g/mol. The van der Waals surface area contributed by atoms with E-state index in [2.05, 4.69) is 17.5 Å². The monoisotopic (exact) mass is 381 g/mol. The Morgan fingerprint density at radius 1 is 1.22 bits per heavy atom. The molecule has 0 amide bonds. The molecule has 2 aromatic carbocycles. The molecule has 0 aromatic heterocycles. The summed E-state index contributed by atoms with van der Waals surface area (Å²) in [7, 11) is 0. The van der Waals surface area contributed by atoms with E-state index in [1.165, 1.54) is 6.21 Å².